The molecule has 0 aromatic carbocycles. The van der Waals surface area contributed by atoms with Crippen molar-refractivity contribution in [1.29, 1.82) is 0 Å². The lowest BCUT2D eigenvalue weighted by molar-refractivity contribution is -0.473. The van der Waals surface area contributed by atoms with E-state index in [0.717, 1.165) is 0 Å². The highest BCUT2D eigenvalue weighted by atomic mass is 19.4. The average Bonchev–Trinajstić information content (AvgIpc) is 2.57. The van der Waals surface area contributed by atoms with Crippen molar-refractivity contribution in [3.8, 4) is 0 Å². The van der Waals surface area contributed by atoms with Crippen LogP contribution in [-0.4, -0.2) is 64.9 Å². The van der Waals surface area contributed by atoms with Crippen LogP contribution in [0.3, 0.4) is 0 Å². The Morgan fingerprint density at radius 3 is 1.12 bits per heavy atom. The first-order valence-corrected chi connectivity index (χ1v) is 6.91. The van der Waals surface area contributed by atoms with Crippen LogP contribution in [0.2, 0.25) is 0 Å². The van der Waals surface area contributed by atoms with Gasteiger partial charge < -0.3 is 9.84 Å². The van der Waals surface area contributed by atoms with Gasteiger partial charge >= 0.3 is 59.8 Å². The second-order valence-corrected chi connectivity index (χ2v) is 5.55. The van der Waals surface area contributed by atoms with Crippen molar-refractivity contribution in [3.63, 3.8) is 0 Å². The predicted octanol–water partition coefficient (Wildman–Crippen LogP) is 5.14. The first-order chi connectivity index (χ1) is 14.1. The molecule has 0 spiro atoms. The van der Waals surface area contributed by atoms with Gasteiger partial charge in [-0.1, -0.05) is 0 Å². The molecule has 0 aromatic rings. The molecular weight excluding hydrogens is 531 g/mol. The Morgan fingerprint density at radius 1 is 0.515 bits per heavy atom. The summed E-state index contributed by atoms with van der Waals surface area (Å²) in [5.74, 6) is -56.7. The number of rotatable bonds is 9. The van der Waals surface area contributed by atoms with E-state index in [4.69, 9.17) is 5.11 Å². The SMILES string of the molecule is O=C(O)C=CC(=O)OC(F)(F)C(F)(F)C(F)(F)C(F)(F)C(F)(F)C(F)(F)C(F)(F)C(F)(F)F. The molecule has 0 bridgehead atoms. The molecule has 21 heteroatoms. The number of hydrogen-bond donors (Lipinski definition) is 1. The number of halogens is 17. The van der Waals surface area contributed by atoms with Crippen molar-refractivity contribution in [2.45, 2.75) is 47.8 Å². The van der Waals surface area contributed by atoms with E-state index >= 15 is 0 Å². The highest BCUT2D eigenvalue weighted by Gasteiger charge is 2.95. The number of alkyl halides is 17. The molecule has 0 saturated carbocycles. The fraction of sp³-hybridized carbons (Fsp3) is 0.667. The Balaban J connectivity index is 6.58. The third-order valence-corrected chi connectivity index (χ3v) is 3.28. The molecular formula is C12H3F17O4. The van der Waals surface area contributed by atoms with E-state index < -0.39 is 71.9 Å². The summed E-state index contributed by atoms with van der Waals surface area (Å²) in [6.45, 7) is 0. The van der Waals surface area contributed by atoms with Crippen molar-refractivity contribution in [2.75, 3.05) is 0 Å². The molecule has 0 heterocycles. The van der Waals surface area contributed by atoms with Gasteiger partial charge in [0.1, 0.15) is 0 Å². The van der Waals surface area contributed by atoms with Crippen LogP contribution in [0.25, 0.3) is 0 Å². The Bertz CT molecular complexity index is 794. The normalized spacial score (nSPS) is 15.7. The third kappa shape index (κ3) is 4.49. The van der Waals surface area contributed by atoms with Crippen LogP contribution >= 0.6 is 0 Å². The van der Waals surface area contributed by atoms with Crippen LogP contribution in [0.5, 0.6) is 0 Å². The van der Waals surface area contributed by atoms with Gasteiger partial charge in [0.25, 0.3) is 0 Å². The molecule has 0 radical (unpaired) electrons. The number of carboxylic acids is 1. The summed E-state index contributed by atoms with van der Waals surface area (Å²) >= 11 is 0. The highest BCUT2D eigenvalue weighted by Crippen LogP contribution is 2.63. The second kappa shape index (κ2) is 8.06. The number of carboxylic acid groups (broad SMARTS) is 1. The lowest BCUT2D eigenvalue weighted by Crippen LogP contribution is -2.74. The Hall–Kier alpha value is -2.51. The molecule has 0 aliphatic carbocycles. The van der Waals surface area contributed by atoms with E-state index in [1.54, 1.807) is 0 Å². The molecule has 194 valence electrons. The van der Waals surface area contributed by atoms with Gasteiger partial charge in [0.05, 0.1) is 0 Å². The molecule has 0 saturated heterocycles. The minimum Gasteiger partial charge on any atom is -0.478 e. The summed E-state index contributed by atoms with van der Waals surface area (Å²) in [6.07, 6.45) is -16.5. The molecule has 0 aliphatic heterocycles. The van der Waals surface area contributed by atoms with Gasteiger partial charge in [-0.3, -0.25) is 0 Å². The van der Waals surface area contributed by atoms with Gasteiger partial charge in [-0.05, 0) is 0 Å². The summed E-state index contributed by atoms with van der Waals surface area (Å²) in [5.41, 5.74) is 0. The zero-order chi connectivity index (χ0) is 27.3. The Kier molecular flexibility index (Phi) is 7.45. The number of carbonyl (C=O) groups is 2. The Labute approximate surface area is 167 Å². The zero-order valence-corrected chi connectivity index (χ0v) is 14.3. The quantitative estimate of drug-likeness (QED) is 0.253. The van der Waals surface area contributed by atoms with Gasteiger partial charge in [-0.15, -0.1) is 0 Å². The molecule has 0 unspecified atom stereocenters. The minimum absolute atomic E-state index is 0.503. The summed E-state index contributed by atoms with van der Waals surface area (Å²) in [6, 6.07) is 0. The van der Waals surface area contributed by atoms with E-state index in [1.807, 2.05) is 0 Å². The van der Waals surface area contributed by atoms with E-state index in [1.165, 1.54) is 0 Å². The number of hydrogen-bond acceptors (Lipinski definition) is 3. The highest BCUT2D eigenvalue weighted by molar-refractivity contribution is 5.90. The topological polar surface area (TPSA) is 63.6 Å². The van der Waals surface area contributed by atoms with E-state index in [9.17, 15) is 84.2 Å². The zero-order valence-electron chi connectivity index (χ0n) is 14.3. The fourth-order valence-electron chi connectivity index (χ4n) is 1.51. The standard InChI is InChI=1S/C12H3F17O4/c13-5(14,7(17,18)9(21,22)11(25,26)27)6(15,16)8(19,20)10(23,24)12(28,29)33-4(32)2-1-3(30)31/h1-2H,(H,30,31). The van der Waals surface area contributed by atoms with Crippen molar-refractivity contribution >= 4 is 11.9 Å². The van der Waals surface area contributed by atoms with Crippen LogP contribution in [-0.2, 0) is 14.3 Å². The lowest BCUT2D eigenvalue weighted by Gasteiger charge is -2.42. The summed E-state index contributed by atoms with van der Waals surface area (Å²) in [5, 5.41) is 8.00. The van der Waals surface area contributed by atoms with Crippen LogP contribution in [0, 0.1) is 0 Å². The van der Waals surface area contributed by atoms with Crippen LogP contribution in [0.1, 0.15) is 0 Å². The first-order valence-electron chi connectivity index (χ1n) is 6.91. The van der Waals surface area contributed by atoms with E-state index in [2.05, 4.69) is 4.74 Å². The smallest absolute Gasteiger partial charge is 0.473 e. The molecule has 0 aromatic heterocycles. The largest absolute Gasteiger partial charge is 0.478 e. The monoisotopic (exact) mass is 534 g/mol. The molecule has 0 aliphatic rings. The molecule has 1 N–H and O–H groups in total. The number of ether oxygens (including phenoxy) is 1. The molecule has 33 heavy (non-hydrogen) atoms. The molecule has 4 nitrogen and oxygen atoms in total. The molecule has 0 amide bonds. The molecule has 0 fully saturated rings. The van der Waals surface area contributed by atoms with Gasteiger partial charge in [0.2, 0.25) is 0 Å². The van der Waals surface area contributed by atoms with E-state index in [0.29, 0.717) is 0 Å². The van der Waals surface area contributed by atoms with Gasteiger partial charge in [0.15, 0.2) is 0 Å². The van der Waals surface area contributed by atoms with Crippen LogP contribution < -0.4 is 0 Å². The maximum Gasteiger partial charge on any atom is 0.473 e. The number of aliphatic carboxylic acids is 1. The van der Waals surface area contributed by atoms with Gasteiger partial charge in [-0.25, -0.2) is 9.59 Å². The minimum atomic E-state index is -8.81. The van der Waals surface area contributed by atoms with Gasteiger partial charge in [-0.2, -0.15) is 74.6 Å². The average molecular weight is 534 g/mol. The van der Waals surface area contributed by atoms with E-state index in [-0.39, 0.29) is 0 Å². The maximum atomic E-state index is 13.3. The molecule has 0 rings (SSSR count). The predicted molar refractivity (Wildman–Crippen MR) is 63.6 cm³/mol. The maximum absolute atomic E-state index is 13.3. The van der Waals surface area contributed by atoms with Crippen molar-refractivity contribution in [2.24, 2.45) is 0 Å². The Morgan fingerprint density at radius 2 is 0.818 bits per heavy atom. The summed E-state index contributed by atoms with van der Waals surface area (Å²) in [4.78, 5) is 20.6. The van der Waals surface area contributed by atoms with Crippen LogP contribution in [0.15, 0.2) is 12.2 Å². The van der Waals surface area contributed by atoms with Crippen LogP contribution in [0.4, 0.5) is 74.6 Å². The van der Waals surface area contributed by atoms with Crippen molar-refractivity contribution in [3.05, 3.63) is 12.2 Å². The first kappa shape index (κ1) is 30.5. The molecule has 0 atom stereocenters. The van der Waals surface area contributed by atoms with Crippen molar-refractivity contribution in [1.82, 2.24) is 0 Å². The van der Waals surface area contributed by atoms with Crippen molar-refractivity contribution < 1.29 is 94.1 Å². The number of esters is 1. The second-order valence-electron chi connectivity index (χ2n) is 5.55. The summed E-state index contributed by atoms with van der Waals surface area (Å²) < 4.78 is 221. The lowest BCUT2D eigenvalue weighted by atomic mass is 9.90. The van der Waals surface area contributed by atoms with Gasteiger partial charge in [0, 0.05) is 12.2 Å². The number of carbonyl (C=O) groups excluding carboxylic acids is 1. The summed E-state index contributed by atoms with van der Waals surface area (Å²) in [7, 11) is 0. The third-order valence-electron chi connectivity index (χ3n) is 3.28. The fourth-order valence-corrected chi connectivity index (χ4v) is 1.51.